The zero-order valence-corrected chi connectivity index (χ0v) is 17.3. The van der Waals surface area contributed by atoms with Crippen molar-refractivity contribution in [2.45, 2.75) is 51.7 Å². The molecule has 0 unspecified atom stereocenters. The minimum absolute atomic E-state index is 0.244. The molecule has 3 heterocycles. The van der Waals surface area contributed by atoms with Gasteiger partial charge in [-0.1, -0.05) is 0 Å². The van der Waals surface area contributed by atoms with Crippen molar-refractivity contribution in [2.24, 2.45) is 5.92 Å². The van der Waals surface area contributed by atoms with Crippen molar-refractivity contribution in [3.8, 4) is 0 Å². The molecule has 27 heavy (non-hydrogen) atoms. The van der Waals surface area contributed by atoms with E-state index in [-0.39, 0.29) is 17.8 Å². The average molecular weight is 376 g/mol. The summed E-state index contributed by atoms with van der Waals surface area (Å²) in [6, 6.07) is 0. The number of hydrogen-bond acceptors (Lipinski definition) is 7. The first-order chi connectivity index (χ1) is 12.7. The molecule has 1 N–H and O–H groups in total. The van der Waals surface area contributed by atoms with Gasteiger partial charge >= 0.3 is 7.12 Å². The molecule has 0 bridgehead atoms. The number of aliphatic hydroxyl groups is 1. The lowest BCUT2D eigenvalue weighted by atomic mass is 9.81. The van der Waals surface area contributed by atoms with E-state index < -0.39 is 7.12 Å². The van der Waals surface area contributed by atoms with Crippen molar-refractivity contribution < 1.29 is 14.4 Å². The third kappa shape index (κ3) is 4.62. The summed E-state index contributed by atoms with van der Waals surface area (Å²) in [5.74, 6) is 1.37. The second-order valence-corrected chi connectivity index (χ2v) is 8.79. The zero-order valence-electron chi connectivity index (χ0n) is 17.3. The van der Waals surface area contributed by atoms with E-state index >= 15 is 0 Å². The molecule has 3 rings (SSSR count). The van der Waals surface area contributed by atoms with Gasteiger partial charge in [-0.2, -0.15) is 0 Å². The van der Waals surface area contributed by atoms with Crippen molar-refractivity contribution in [2.75, 3.05) is 44.7 Å². The number of piperidine rings is 1. The molecule has 2 fully saturated rings. The van der Waals surface area contributed by atoms with Crippen LogP contribution in [0, 0.1) is 5.92 Å². The van der Waals surface area contributed by atoms with Gasteiger partial charge in [-0.05, 0) is 59.5 Å². The maximum absolute atomic E-state index is 9.05. The molecule has 0 aromatic carbocycles. The number of aromatic nitrogens is 2. The molecule has 2 aliphatic rings. The molecular formula is C19H33BN4O3. The van der Waals surface area contributed by atoms with Crippen molar-refractivity contribution in [1.82, 2.24) is 14.9 Å². The van der Waals surface area contributed by atoms with E-state index in [9.17, 15) is 0 Å². The van der Waals surface area contributed by atoms with Gasteiger partial charge in [0.15, 0.2) is 0 Å². The minimum Gasteiger partial charge on any atom is -0.399 e. The second-order valence-electron chi connectivity index (χ2n) is 8.79. The SMILES string of the molecule is CN(CC1CCN(CCO)CC1)c1ncc(B2OC(C)(C)C(C)(C)O2)cn1. The largest absolute Gasteiger partial charge is 0.498 e. The molecule has 8 heteroatoms. The maximum Gasteiger partial charge on any atom is 0.498 e. The highest BCUT2D eigenvalue weighted by molar-refractivity contribution is 6.61. The predicted molar refractivity (Wildman–Crippen MR) is 107 cm³/mol. The van der Waals surface area contributed by atoms with E-state index in [1.54, 1.807) is 0 Å². The van der Waals surface area contributed by atoms with Crippen molar-refractivity contribution in [1.29, 1.82) is 0 Å². The van der Waals surface area contributed by atoms with Crippen molar-refractivity contribution >= 4 is 18.5 Å². The summed E-state index contributed by atoms with van der Waals surface area (Å²) in [4.78, 5) is 13.5. The Kier molecular flexibility index (Phi) is 6.10. The van der Waals surface area contributed by atoms with E-state index in [0.717, 1.165) is 50.4 Å². The lowest BCUT2D eigenvalue weighted by Crippen LogP contribution is -2.41. The molecule has 1 aromatic rings. The van der Waals surface area contributed by atoms with E-state index in [1.807, 2.05) is 47.1 Å². The fourth-order valence-electron chi connectivity index (χ4n) is 3.63. The van der Waals surface area contributed by atoms with Crippen LogP contribution in [0.2, 0.25) is 0 Å². The van der Waals surface area contributed by atoms with Gasteiger partial charge in [-0.3, -0.25) is 0 Å². The average Bonchev–Trinajstić information content (AvgIpc) is 2.85. The molecule has 0 radical (unpaired) electrons. The summed E-state index contributed by atoms with van der Waals surface area (Å²) in [6.07, 6.45) is 5.92. The minimum atomic E-state index is -0.426. The van der Waals surface area contributed by atoms with Gasteiger partial charge in [0.05, 0.1) is 17.8 Å². The van der Waals surface area contributed by atoms with Crippen LogP contribution in [-0.4, -0.2) is 78.1 Å². The van der Waals surface area contributed by atoms with Gasteiger partial charge < -0.3 is 24.2 Å². The van der Waals surface area contributed by atoms with Crippen LogP contribution >= 0.6 is 0 Å². The molecule has 2 saturated heterocycles. The third-order valence-electron chi connectivity index (χ3n) is 6.18. The van der Waals surface area contributed by atoms with E-state index in [4.69, 9.17) is 14.4 Å². The monoisotopic (exact) mass is 376 g/mol. The van der Waals surface area contributed by atoms with Crippen LogP contribution in [0.15, 0.2) is 12.4 Å². The molecule has 7 nitrogen and oxygen atoms in total. The van der Waals surface area contributed by atoms with Crippen LogP contribution in [0.5, 0.6) is 0 Å². The molecule has 0 saturated carbocycles. The summed E-state index contributed by atoms with van der Waals surface area (Å²) in [5.41, 5.74) is 0.124. The van der Waals surface area contributed by atoms with E-state index in [1.165, 1.54) is 0 Å². The van der Waals surface area contributed by atoms with Gasteiger partial charge in [0.25, 0.3) is 0 Å². The molecule has 0 atom stereocenters. The smallest absolute Gasteiger partial charge is 0.399 e. The second kappa shape index (κ2) is 8.03. The molecule has 0 amide bonds. The Morgan fingerprint density at radius 2 is 1.70 bits per heavy atom. The fraction of sp³-hybridized carbons (Fsp3) is 0.789. The fourth-order valence-corrected chi connectivity index (χ4v) is 3.63. The number of β-amino-alcohol motifs (C(OH)–C–C–N with tert-alkyl or cyclic N) is 1. The Labute approximate surface area is 163 Å². The topological polar surface area (TPSA) is 71.0 Å². The number of nitrogens with zero attached hydrogens (tertiary/aromatic N) is 4. The van der Waals surface area contributed by atoms with Crippen LogP contribution in [0.3, 0.4) is 0 Å². The highest BCUT2D eigenvalue weighted by Crippen LogP contribution is 2.36. The Balaban J connectivity index is 1.55. The van der Waals surface area contributed by atoms with E-state index in [0.29, 0.717) is 5.92 Å². The highest BCUT2D eigenvalue weighted by Gasteiger charge is 2.51. The maximum atomic E-state index is 9.05. The van der Waals surface area contributed by atoms with Crippen molar-refractivity contribution in [3.05, 3.63) is 12.4 Å². The summed E-state index contributed by atoms with van der Waals surface area (Å²) in [7, 11) is 1.62. The molecule has 0 aliphatic carbocycles. The molecular weight excluding hydrogens is 343 g/mol. The van der Waals surface area contributed by atoms with E-state index in [2.05, 4.69) is 19.8 Å². The van der Waals surface area contributed by atoms with Crippen molar-refractivity contribution in [3.63, 3.8) is 0 Å². The Morgan fingerprint density at radius 1 is 1.15 bits per heavy atom. The van der Waals surface area contributed by atoms with Crippen LogP contribution in [0.1, 0.15) is 40.5 Å². The van der Waals surface area contributed by atoms with Gasteiger partial charge in [-0.25, -0.2) is 9.97 Å². The molecule has 2 aliphatic heterocycles. The van der Waals surface area contributed by atoms with Crippen LogP contribution < -0.4 is 10.4 Å². The number of rotatable bonds is 6. The standard InChI is InChI=1S/C19H33BN4O3/c1-18(2)19(3,4)27-20(26-18)16-12-21-17(22-13-16)23(5)14-15-6-8-24(9-7-15)10-11-25/h12-13,15,25H,6-11,14H2,1-5H3. The number of anilines is 1. The Bertz CT molecular complexity index is 602. The molecule has 0 spiro atoms. The number of likely N-dealkylation sites (tertiary alicyclic amines) is 1. The Hall–Kier alpha value is -1.22. The summed E-state index contributed by atoms with van der Waals surface area (Å²) < 4.78 is 12.1. The first kappa shape index (κ1) is 20.5. The summed E-state index contributed by atoms with van der Waals surface area (Å²) in [5, 5.41) is 9.05. The lowest BCUT2D eigenvalue weighted by molar-refractivity contribution is 0.00578. The molecule has 150 valence electrons. The first-order valence-electron chi connectivity index (χ1n) is 9.94. The van der Waals surface area contributed by atoms with Crippen LogP contribution in [-0.2, 0) is 9.31 Å². The normalized spacial score (nSPS) is 23.0. The quantitative estimate of drug-likeness (QED) is 0.741. The van der Waals surface area contributed by atoms with Crippen LogP contribution in [0.25, 0.3) is 0 Å². The van der Waals surface area contributed by atoms with Gasteiger partial charge in [-0.15, -0.1) is 0 Å². The molecule has 1 aromatic heterocycles. The summed E-state index contributed by atoms with van der Waals surface area (Å²) in [6.45, 7) is 12.3. The highest BCUT2D eigenvalue weighted by atomic mass is 16.7. The zero-order chi connectivity index (χ0) is 19.7. The predicted octanol–water partition coefficient (Wildman–Crippen LogP) is 0.916. The third-order valence-corrected chi connectivity index (χ3v) is 6.18. The van der Waals surface area contributed by atoms with Gasteiger partial charge in [0.1, 0.15) is 0 Å². The lowest BCUT2D eigenvalue weighted by Gasteiger charge is -2.33. The van der Waals surface area contributed by atoms with Crippen LogP contribution in [0.4, 0.5) is 5.95 Å². The van der Waals surface area contributed by atoms with Gasteiger partial charge in [0.2, 0.25) is 5.95 Å². The Morgan fingerprint density at radius 3 is 2.22 bits per heavy atom. The summed E-state index contributed by atoms with van der Waals surface area (Å²) >= 11 is 0. The number of aliphatic hydroxyl groups excluding tert-OH is 1. The van der Waals surface area contributed by atoms with Gasteiger partial charge in [0, 0.05) is 38.0 Å². The number of hydrogen-bond donors (Lipinski definition) is 1. The first-order valence-corrected chi connectivity index (χ1v) is 9.94.